The maximum absolute atomic E-state index is 13.4. The number of rotatable bonds is 1. The van der Waals surface area contributed by atoms with E-state index >= 15 is 0 Å². The summed E-state index contributed by atoms with van der Waals surface area (Å²) in [6.45, 7) is -0.595. The van der Waals surface area contributed by atoms with Crippen LogP contribution in [0.3, 0.4) is 0 Å². The molecule has 1 N–H and O–H groups in total. The Balaban J connectivity index is 2.22. The Bertz CT molecular complexity index is 531. The van der Waals surface area contributed by atoms with E-state index in [2.05, 4.69) is 10.3 Å². The SMILES string of the molecule is Fc1ccc(C2=NCC(C(F)(F)F)=CN2)c(F)c1. The van der Waals surface area contributed by atoms with Crippen LogP contribution in [0.4, 0.5) is 22.0 Å². The highest BCUT2D eigenvalue weighted by Crippen LogP contribution is 2.26. The van der Waals surface area contributed by atoms with E-state index in [1.807, 2.05) is 0 Å². The summed E-state index contributed by atoms with van der Waals surface area (Å²) in [4.78, 5) is 3.59. The van der Waals surface area contributed by atoms with Gasteiger partial charge in [0.25, 0.3) is 0 Å². The molecule has 1 heterocycles. The summed E-state index contributed by atoms with van der Waals surface area (Å²) < 4.78 is 62.9. The third-order valence-corrected chi connectivity index (χ3v) is 2.34. The largest absolute Gasteiger partial charge is 0.415 e. The molecule has 0 spiro atoms. The van der Waals surface area contributed by atoms with Crippen molar-refractivity contribution < 1.29 is 22.0 Å². The summed E-state index contributed by atoms with van der Waals surface area (Å²) in [6, 6.07) is 2.76. The fourth-order valence-electron chi connectivity index (χ4n) is 1.43. The first-order chi connectivity index (χ1) is 8.38. The maximum atomic E-state index is 13.4. The van der Waals surface area contributed by atoms with Gasteiger partial charge in [0.2, 0.25) is 0 Å². The van der Waals surface area contributed by atoms with Gasteiger partial charge in [-0.3, -0.25) is 4.99 Å². The second kappa shape index (κ2) is 4.40. The number of benzene rings is 1. The molecular weight excluding hydrogens is 255 g/mol. The van der Waals surface area contributed by atoms with Crippen molar-refractivity contribution in [2.24, 2.45) is 4.99 Å². The van der Waals surface area contributed by atoms with Crippen LogP contribution in [0.15, 0.2) is 35.0 Å². The van der Waals surface area contributed by atoms with Gasteiger partial charge in [-0.05, 0) is 12.1 Å². The normalized spacial score (nSPS) is 15.8. The van der Waals surface area contributed by atoms with Crippen LogP contribution in [0.1, 0.15) is 5.56 Å². The van der Waals surface area contributed by atoms with Crippen LogP contribution in [0.5, 0.6) is 0 Å². The van der Waals surface area contributed by atoms with Crippen molar-refractivity contribution in [2.45, 2.75) is 6.18 Å². The first-order valence-electron chi connectivity index (χ1n) is 4.90. The lowest BCUT2D eigenvalue weighted by molar-refractivity contribution is -0.0926. The van der Waals surface area contributed by atoms with Gasteiger partial charge in [-0.25, -0.2) is 8.78 Å². The zero-order chi connectivity index (χ0) is 13.3. The highest BCUT2D eigenvalue weighted by atomic mass is 19.4. The Morgan fingerprint density at radius 2 is 1.89 bits per heavy atom. The van der Waals surface area contributed by atoms with E-state index in [1.54, 1.807) is 0 Å². The molecule has 1 aromatic carbocycles. The highest BCUT2D eigenvalue weighted by Gasteiger charge is 2.34. The Labute approximate surface area is 98.8 Å². The lowest BCUT2D eigenvalue weighted by atomic mass is 10.1. The predicted octanol–water partition coefficient (Wildman–Crippen LogP) is 2.76. The first-order valence-corrected chi connectivity index (χ1v) is 4.90. The van der Waals surface area contributed by atoms with Crippen molar-refractivity contribution in [3.8, 4) is 0 Å². The monoisotopic (exact) mass is 262 g/mol. The van der Waals surface area contributed by atoms with Crippen LogP contribution >= 0.6 is 0 Å². The summed E-state index contributed by atoms with van der Waals surface area (Å²) in [6.07, 6.45) is -3.74. The van der Waals surface area contributed by atoms with Crippen LogP contribution in [-0.4, -0.2) is 18.6 Å². The van der Waals surface area contributed by atoms with Crippen molar-refractivity contribution in [1.82, 2.24) is 5.32 Å². The molecule has 0 aromatic heterocycles. The molecule has 0 radical (unpaired) electrons. The summed E-state index contributed by atoms with van der Waals surface area (Å²) >= 11 is 0. The van der Waals surface area contributed by atoms with Crippen LogP contribution in [0.2, 0.25) is 0 Å². The molecule has 1 aliphatic heterocycles. The van der Waals surface area contributed by atoms with Gasteiger partial charge in [-0.1, -0.05) is 0 Å². The van der Waals surface area contributed by atoms with Gasteiger partial charge >= 0.3 is 6.18 Å². The van der Waals surface area contributed by atoms with Gasteiger partial charge in [-0.2, -0.15) is 13.2 Å². The van der Waals surface area contributed by atoms with Gasteiger partial charge < -0.3 is 5.32 Å². The van der Waals surface area contributed by atoms with Gasteiger partial charge in [0.05, 0.1) is 17.7 Å². The van der Waals surface area contributed by atoms with E-state index in [4.69, 9.17) is 0 Å². The first kappa shape index (κ1) is 12.5. The zero-order valence-electron chi connectivity index (χ0n) is 8.85. The van der Waals surface area contributed by atoms with Gasteiger partial charge in [-0.15, -0.1) is 0 Å². The second-order valence-corrected chi connectivity index (χ2v) is 3.60. The Hall–Kier alpha value is -1.92. The average molecular weight is 262 g/mol. The van der Waals surface area contributed by atoms with Gasteiger partial charge in [0.1, 0.15) is 17.5 Å². The van der Waals surface area contributed by atoms with E-state index in [-0.39, 0.29) is 11.4 Å². The number of hydrogen-bond acceptors (Lipinski definition) is 2. The van der Waals surface area contributed by atoms with Gasteiger partial charge in [0.15, 0.2) is 0 Å². The number of amidine groups is 1. The molecule has 0 saturated carbocycles. The quantitative estimate of drug-likeness (QED) is 0.773. The summed E-state index contributed by atoms with van der Waals surface area (Å²) in [5.74, 6) is -1.70. The molecule has 0 atom stereocenters. The Morgan fingerprint density at radius 3 is 2.39 bits per heavy atom. The summed E-state index contributed by atoms with van der Waals surface area (Å²) in [5.41, 5.74) is -0.928. The molecule has 0 bridgehead atoms. The smallest absolute Gasteiger partial charge is 0.346 e. The third kappa shape index (κ3) is 2.49. The standard InChI is InChI=1S/C11H7F5N2/c12-7-1-2-8(9(13)3-7)10-17-4-6(5-18-10)11(14,15)16/h1-4H,5H2,(H,17,18). The van der Waals surface area contributed by atoms with Crippen molar-refractivity contribution in [3.05, 3.63) is 47.2 Å². The number of halogens is 5. The molecule has 2 nitrogen and oxygen atoms in total. The lowest BCUT2D eigenvalue weighted by Gasteiger charge is -2.17. The topological polar surface area (TPSA) is 24.4 Å². The minimum atomic E-state index is -4.47. The van der Waals surface area contributed by atoms with Crippen molar-refractivity contribution in [3.63, 3.8) is 0 Å². The zero-order valence-corrected chi connectivity index (χ0v) is 8.85. The number of nitrogens with zero attached hydrogens (tertiary/aromatic N) is 1. The minimum absolute atomic E-state index is 0.0551. The minimum Gasteiger partial charge on any atom is -0.346 e. The number of aliphatic imine (C=N–C) groups is 1. The van der Waals surface area contributed by atoms with Crippen molar-refractivity contribution in [2.75, 3.05) is 6.54 Å². The fourth-order valence-corrected chi connectivity index (χ4v) is 1.43. The molecule has 0 unspecified atom stereocenters. The number of nitrogens with one attached hydrogen (secondary N) is 1. The molecule has 0 saturated heterocycles. The highest BCUT2D eigenvalue weighted by molar-refractivity contribution is 6.00. The molecule has 0 aliphatic carbocycles. The van der Waals surface area contributed by atoms with Gasteiger partial charge in [0, 0.05) is 12.3 Å². The molecular formula is C11H7F5N2. The van der Waals surface area contributed by atoms with Crippen LogP contribution in [0.25, 0.3) is 0 Å². The molecule has 0 fully saturated rings. The average Bonchev–Trinajstić information content (AvgIpc) is 2.28. The molecule has 1 aliphatic rings. The molecule has 1 aromatic rings. The van der Waals surface area contributed by atoms with E-state index in [0.717, 1.165) is 18.3 Å². The number of alkyl halides is 3. The predicted molar refractivity (Wildman–Crippen MR) is 55.0 cm³/mol. The lowest BCUT2D eigenvalue weighted by Crippen LogP contribution is -2.29. The Morgan fingerprint density at radius 1 is 1.17 bits per heavy atom. The Kier molecular flexibility index (Phi) is 3.06. The molecule has 7 heteroatoms. The fraction of sp³-hybridized carbons (Fsp3) is 0.182. The van der Waals surface area contributed by atoms with Crippen LogP contribution < -0.4 is 5.32 Å². The third-order valence-electron chi connectivity index (χ3n) is 2.34. The van der Waals surface area contributed by atoms with E-state index in [9.17, 15) is 22.0 Å². The van der Waals surface area contributed by atoms with E-state index in [1.165, 1.54) is 0 Å². The number of hydrogen-bond donors (Lipinski definition) is 1. The maximum Gasteiger partial charge on any atom is 0.415 e. The summed E-state index contributed by atoms with van der Waals surface area (Å²) in [5, 5.41) is 2.26. The molecule has 96 valence electrons. The molecule has 0 amide bonds. The molecule has 2 rings (SSSR count). The van der Waals surface area contributed by atoms with Crippen molar-refractivity contribution >= 4 is 5.84 Å². The summed E-state index contributed by atoms with van der Waals surface area (Å²) in [7, 11) is 0. The second-order valence-electron chi connectivity index (χ2n) is 3.60. The van der Waals surface area contributed by atoms with E-state index in [0.29, 0.717) is 6.07 Å². The van der Waals surface area contributed by atoms with Crippen molar-refractivity contribution in [1.29, 1.82) is 0 Å². The molecule has 18 heavy (non-hydrogen) atoms. The van der Waals surface area contributed by atoms with Crippen LogP contribution in [0, 0.1) is 11.6 Å². The van der Waals surface area contributed by atoms with Crippen LogP contribution in [-0.2, 0) is 0 Å². The van der Waals surface area contributed by atoms with E-state index < -0.39 is 29.9 Å².